The molecular formula is C25H29N3O3S. The van der Waals surface area contributed by atoms with E-state index in [1.165, 1.54) is 5.56 Å². The van der Waals surface area contributed by atoms with E-state index in [4.69, 9.17) is 21.7 Å². The fourth-order valence-corrected chi connectivity index (χ4v) is 3.28. The van der Waals surface area contributed by atoms with Gasteiger partial charge in [0.1, 0.15) is 24.2 Å². The van der Waals surface area contributed by atoms with Crippen LogP contribution in [-0.4, -0.2) is 43.1 Å². The van der Waals surface area contributed by atoms with Crippen LogP contribution >= 0.6 is 12.2 Å². The lowest BCUT2D eigenvalue weighted by Gasteiger charge is -2.14. The van der Waals surface area contributed by atoms with Crippen LogP contribution in [0.25, 0.3) is 0 Å². The Hall–Kier alpha value is -3.13. The van der Waals surface area contributed by atoms with Crippen molar-refractivity contribution in [2.75, 3.05) is 37.4 Å². The molecule has 168 valence electrons. The first-order valence-electron chi connectivity index (χ1n) is 10.5. The molecule has 0 aliphatic carbocycles. The molecule has 0 saturated heterocycles. The summed E-state index contributed by atoms with van der Waals surface area (Å²) in [4.78, 5) is 0. The van der Waals surface area contributed by atoms with Crippen LogP contribution in [0, 0.1) is 0 Å². The zero-order valence-corrected chi connectivity index (χ0v) is 18.9. The van der Waals surface area contributed by atoms with Gasteiger partial charge in [-0.05, 0) is 67.1 Å². The van der Waals surface area contributed by atoms with Crippen molar-refractivity contribution in [2.45, 2.75) is 12.5 Å². The summed E-state index contributed by atoms with van der Waals surface area (Å²) < 4.78 is 10.9. The lowest BCUT2D eigenvalue weighted by atomic mass is 10.1. The minimum absolute atomic E-state index is 0.264. The molecule has 0 fully saturated rings. The molecule has 0 aromatic heterocycles. The molecule has 0 aliphatic rings. The monoisotopic (exact) mass is 451 g/mol. The van der Waals surface area contributed by atoms with E-state index < -0.39 is 6.10 Å². The van der Waals surface area contributed by atoms with Gasteiger partial charge < -0.3 is 30.5 Å². The summed E-state index contributed by atoms with van der Waals surface area (Å²) in [7, 11) is 1.63. The predicted molar refractivity (Wildman–Crippen MR) is 134 cm³/mol. The second-order valence-corrected chi connectivity index (χ2v) is 7.62. The van der Waals surface area contributed by atoms with E-state index in [2.05, 4.69) is 28.1 Å². The quantitative estimate of drug-likeness (QED) is 0.259. The third kappa shape index (κ3) is 7.85. The number of hydrogen-bond acceptors (Lipinski definition) is 5. The van der Waals surface area contributed by atoms with E-state index in [1.807, 2.05) is 66.7 Å². The highest BCUT2D eigenvalue weighted by Crippen LogP contribution is 2.23. The molecule has 0 aliphatic heterocycles. The molecule has 0 spiro atoms. The number of methoxy groups -OCH3 is 1. The van der Waals surface area contributed by atoms with E-state index in [9.17, 15) is 5.11 Å². The number of anilines is 2. The van der Waals surface area contributed by atoms with Crippen LogP contribution < -0.4 is 25.4 Å². The smallest absolute Gasteiger partial charge is 0.175 e. The Kier molecular flexibility index (Phi) is 9.31. The molecule has 0 radical (unpaired) electrons. The number of para-hydroxylation sites is 3. The summed E-state index contributed by atoms with van der Waals surface area (Å²) in [5, 5.41) is 20.1. The SMILES string of the molecule is COc1ccccc1NC(=S)Nc1ccc(CCNC[C@H](O)COc2ccccc2)cc1. The highest BCUT2D eigenvalue weighted by atomic mass is 32.1. The third-order valence-corrected chi connectivity index (χ3v) is 4.93. The second-order valence-electron chi connectivity index (χ2n) is 7.21. The summed E-state index contributed by atoms with van der Waals surface area (Å²) in [6.45, 7) is 1.51. The van der Waals surface area contributed by atoms with Gasteiger partial charge in [-0.25, -0.2) is 0 Å². The summed E-state index contributed by atoms with van der Waals surface area (Å²) in [6.07, 6.45) is 0.301. The zero-order chi connectivity index (χ0) is 22.6. The minimum atomic E-state index is -0.557. The number of ether oxygens (including phenoxy) is 2. The minimum Gasteiger partial charge on any atom is -0.495 e. The number of aliphatic hydroxyl groups excluding tert-OH is 1. The van der Waals surface area contributed by atoms with Crippen molar-refractivity contribution in [1.29, 1.82) is 0 Å². The lowest BCUT2D eigenvalue weighted by molar-refractivity contribution is 0.106. The molecule has 3 aromatic rings. The Balaban J connectivity index is 1.35. The van der Waals surface area contributed by atoms with Crippen LogP contribution in [0.2, 0.25) is 0 Å². The van der Waals surface area contributed by atoms with Gasteiger partial charge in [0.2, 0.25) is 0 Å². The van der Waals surface area contributed by atoms with Crippen molar-refractivity contribution in [1.82, 2.24) is 5.32 Å². The van der Waals surface area contributed by atoms with Crippen LogP contribution in [0.1, 0.15) is 5.56 Å². The van der Waals surface area contributed by atoms with E-state index >= 15 is 0 Å². The maximum Gasteiger partial charge on any atom is 0.175 e. The van der Waals surface area contributed by atoms with Crippen molar-refractivity contribution in [3.63, 3.8) is 0 Å². The highest BCUT2D eigenvalue weighted by molar-refractivity contribution is 7.80. The van der Waals surface area contributed by atoms with Crippen molar-refractivity contribution >= 4 is 28.7 Å². The van der Waals surface area contributed by atoms with Gasteiger partial charge in [0.25, 0.3) is 0 Å². The van der Waals surface area contributed by atoms with Crippen LogP contribution in [0.5, 0.6) is 11.5 Å². The molecule has 6 nitrogen and oxygen atoms in total. The van der Waals surface area contributed by atoms with Gasteiger partial charge in [0.15, 0.2) is 5.11 Å². The molecule has 3 aromatic carbocycles. The number of thiocarbonyl (C=S) groups is 1. The largest absolute Gasteiger partial charge is 0.495 e. The van der Waals surface area contributed by atoms with Gasteiger partial charge in [-0.3, -0.25) is 0 Å². The van der Waals surface area contributed by atoms with Crippen LogP contribution in [0.15, 0.2) is 78.9 Å². The fourth-order valence-electron chi connectivity index (χ4n) is 3.06. The van der Waals surface area contributed by atoms with Crippen molar-refractivity contribution in [3.05, 3.63) is 84.4 Å². The van der Waals surface area contributed by atoms with Crippen molar-refractivity contribution in [3.8, 4) is 11.5 Å². The maximum absolute atomic E-state index is 10.0. The Morgan fingerprint density at radius 2 is 1.66 bits per heavy atom. The van der Waals surface area contributed by atoms with E-state index in [0.717, 1.165) is 35.8 Å². The van der Waals surface area contributed by atoms with E-state index in [0.29, 0.717) is 11.7 Å². The predicted octanol–water partition coefficient (Wildman–Crippen LogP) is 4.08. The Morgan fingerprint density at radius 3 is 2.41 bits per heavy atom. The van der Waals surface area contributed by atoms with Crippen LogP contribution in [0.4, 0.5) is 11.4 Å². The molecule has 0 unspecified atom stereocenters. The fraction of sp³-hybridized carbons (Fsp3) is 0.240. The molecule has 0 amide bonds. The second kappa shape index (κ2) is 12.7. The van der Waals surface area contributed by atoms with Gasteiger partial charge in [-0.1, -0.05) is 42.5 Å². The Labute approximate surface area is 194 Å². The topological polar surface area (TPSA) is 74.8 Å². The maximum atomic E-state index is 10.0. The Morgan fingerprint density at radius 1 is 0.938 bits per heavy atom. The summed E-state index contributed by atoms with van der Waals surface area (Å²) >= 11 is 5.40. The summed E-state index contributed by atoms with van der Waals surface area (Å²) in [6, 6.07) is 25.2. The molecule has 1 atom stereocenters. The average Bonchev–Trinajstić information content (AvgIpc) is 2.82. The number of hydrogen-bond donors (Lipinski definition) is 4. The van der Waals surface area contributed by atoms with E-state index in [1.54, 1.807) is 7.11 Å². The van der Waals surface area contributed by atoms with Crippen LogP contribution in [-0.2, 0) is 6.42 Å². The number of aliphatic hydroxyl groups is 1. The summed E-state index contributed by atoms with van der Waals surface area (Å²) in [5.74, 6) is 1.49. The average molecular weight is 452 g/mol. The standard InChI is InChI=1S/C25H29N3O3S/c1-30-24-10-6-5-9-23(24)28-25(32)27-20-13-11-19(12-14-20)15-16-26-17-21(29)18-31-22-7-3-2-4-8-22/h2-14,21,26,29H,15-18H2,1H3,(H2,27,28,32)/t21-/m0/s1. The molecule has 3 rings (SSSR count). The zero-order valence-electron chi connectivity index (χ0n) is 18.1. The molecular weight excluding hydrogens is 422 g/mol. The van der Waals surface area contributed by atoms with Gasteiger partial charge in [-0.2, -0.15) is 0 Å². The van der Waals surface area contributed by atoms with Gasteiger partial charge in [-0.15, -0.1) is 0 Å². The first kappa shape index (κ1) is 23.5. The Bertz CT molecular complexity index is 968. The van der Waals surface area contributed by atoms with Crippen molar-refractivity contribution in [2.24, 2.45) is 0 Å². The van der Waals surface area contributed by atoms with Crippen LogP contribution in [0.3, 0.4) is 0 Å². The third-order valence-electron chi connectivity index (χ3n) is 4.72. The molecule has 0 bridgehead atoms. The van der Waals surface area contributed by atoms with Gasteiger partial charge in [0.05, 0.1) is 12.8 Å². The molecule has 7 heteroatoms. The molecule has 0 saturated carbocycles. The first-order chi connectivity index (χ1) is 15.6. The number of rotatable bonds is 11. The lowest BCUT2D eigenvalue weighted by Crippen LogP contribution is -2.32. The van der Waals surface area contributed by atoms with Crippen molar-refractivity contribution < 1.29 is 14.6 Å². The number of benzene rings is 3. The van der Waals surface area contributed by atoms with Gasteiger partial charge in [0, 0.05) is 12.2 Å². The molecule has 4 N–H and O–H groups in total. The number of nitrogens with one attached hydrogen (secondary N) is 3. The van der Waals surface area contributed by atoms with E-state index in [-0.39, 0.29) is 6.61 Å². The normalized spacial score (nSPS) is 11.4. The molecule has 32 heavy (non-hydrogen) atoms. The van der Waals surface area contributed by atoms with Gasteiger partial charge >= 0.3 is 0 Å². The highest BCUT2D eigenvalue weighted by Gasteiger charge is 2.06. The summed E-state index contributed by atoms with van der Waals surface area (Å²) in [5.41, 5.74) is 2.91. The first-order valence-corrected chi connectivity index (χ1v) is 10.9. The molecule has 0 heterocycles.